The number of halogens is 1. The Morgan fingerprint density at radius 2 is 1.77 bits per heavy atom. The Morgan fingerprint density at radius 1 is 1.10 bits per heavy atom. The molecule has 0 aliphatic carbocycles. The number of benzene rings is 2. The number of hydrogen-bond acceptors (Lipinski definition) is 6. The molecule has 1 aromatic heterocycles. The number of aromatic nitrogens is 1. The third-order valence-electron chi connectivity index (χ3n) is 4.15. The van der Waals surface area contributed by atoms with Crippen LogP contribution in [0.5, 0.6) is 5.75 Å². The number of amides is 1. The summed E-state index contributed by atoms with van der Waals surface area (Å²) in [6.07, 6.45) is 2.55. The lowest BCUT2D eigenvalue weighted by atomic mass is 9.99. The molecule has 1 amide bonds. The predicted octanol–water partition coefficient (Wildman–Crippen LogP) is 1.56. The van der Waals surface area contributed by atoms with Gasteiger partial charge in [-0.1, -0.05) is 12.1 Å². The van der Waals surface area contributed by atoms with Crippen LogP contribution in [0.3, 0.4) is 0 Å². The van der Waals surface area contributed by atoms with Crippen molar-refractivity contribution in [3.8, 4) is 5.75 Å². The summed E-state index contributed by atoms with van der Waals surface area (Å²) in [7, 11) is -3.76. The van der Waals surface area contributed by atoms with Crippen molar-refractivity contribution in [1.29, 1.82) is 0 Å². The monoisotopic (exact) mass is 433 g/mol. The summed E-state index contributed by atoms with van der Waals surface area (Å²) in [5, 5.41) is 19.7. The lowest BCUT2D eigenvalue weighted by Crippen LogP contribution is -2.41. The minimum atomic E-state index is -3.76. The van der Waals surface area contributed by atoms with Gasteiger partial charge in [-0.05, 0) is 41.8 Å². The summed E-state index contributed by atoms with van der Waals surface area (Å²) < 4.78 is 35.6. The molecule has 3 rings (SSSR count). The van der Waals surface area contributed by atoms with Crippen molar-refractivity contribution in [2.75, 3.05) is 6.26 Å². The summed E-state index contributed by atoms with van der Waals surface area (Å²) in [5.74, 6) is -3.44. The van der Waals surface area contributed by atoms with Gasteiger partial charge in [0, 0.05) is 11.6 Å². The molecule has 0 saturated heterocycles. The van der Waals surface area contributed by atoms with Crippen LogP contribution in [-0.2, 0) is 16.4 Å². The van der Waals surface area contributed by atoms with Crippen molar-refractivity contribution in [2.45, 2.75) is 6.42 Å². The van der Waals surface area contributed by atoms with Gasteiger partial charge in [0.2, 0.25) is 10.0 Å². The van der Waals surface area contributed by atoms with E-state index in [1.54, 1.807) is 12.1 Å². The van der Waals surface area contributed by atoms with E-state index in [2.05, 4.69) is 4.98 Å². The molecule has 0 atom stereocenters. The fourth-order valence-corrected chi connectivity index (χ4v) is 3.09. The van der Waals surface area contributed by atoms with Gasteiger partial charge in [0.1, 0.15) is 16.9 Å². The third-order valence-corrected chi connectivity index (χ3v) is 4.62. The first kappa shape index (κ1) is 21.1. The maximum absolute atomic E-state index is 13.1. The lowest BCUT2D eigenvalue weighted by molar-refractivity contribution is 0.0694. The lowest BCUT2D eigenvalue weighted by Gasteiger charge is -2.12. The summed E-state index contributed by atoms with van der Waals surface area (Å²) in [6, 6.07) is 8.20. The van der Waals surface area contributed by atoms with Gasteiger partial charge in [-0.15, -0.1) is 4.83 Å². The zero-order valence-electron chi connectivity index (χ0n) is 15.5. The Balaban J connectivity index is 2.10. The number of nitrogens with one attached hydrogen (secondary N) is 2. The topological polar surface area (TPSA) is 146 Å². The summed E-state index contributed by atoms with van der Waals surface area (Å²) in [6.45, 7) is 0. The zero-order valence-corrected chi connectivity index (χ0v) is 16.3. The molecular weight excluding hydrogens is 417 g/mol. The largest absolute Gasteiger partial charge is 0.505 e. The smallest absolute Gasteiger partial charge is 0.339 e. The van der Waals surface area contributed by atoms with Crippen molar-refractivity contribution >= 4 is 32.8 Å². The van der Waals surface area contributed by atoms with Crippen molar-refractivity contribution in [3.63, 3.8) is 0 Å². The second-order valence-electron chi connectivity index (χ2n) is 6.50. The molecule has 0 aliphatic rings. The van der Waals surface area contributed by atoms with Gasteiger partial charge in [0.25, 0.3) is 5.91 Å². The molecular formula is C19H16FN3O6S. The van der Waals surface area contributed by atoms with Gasteiger partial charge in [0.15, 0.2) is 5.75 Å². The fraction of sp³-hybridized carbons (Fsp3) is 0.105. The van der Waals surface area contributed by atoms with Crippen LogP contribution in [0, 0.1) is 5.82 Å². The molecule has 11 heteroatoms. The van der Waals surface area contributed by atoms with E-state index >= 15 is 0 Å². The van der Waals surface area contributed by atoms with E-state index in [-0.39, 0.29) is 22.3 Å². The van der Waals surface area contributed by atoms with E-state index in [1.807, 2.05) is 10.3 Å². The predicted molar refractivity (Wildman–Crippen MR) is 105 cm³/mol. The molecule has 0 fully saturated rings. The van der Waals surface area contributed by atoms with Crippen molar-refractivity contribution < 1.29 is 32.6 Å². The van der Waals surface area contributed by atoms with E-state index in [0.29, 0.717) is 12.0 Å². The average Bonchev–Trinajstić information content (AvgIpc) is 2.67. The number of carboxylic acids is 1. The Bertz CT molecular complexity index is 1260. The average molecular weight is 433 g/mol. The Morgan fingerprint density at radius 3 is 2.37 bits per heavy atom. The number of aromatic hydroxyl groups is 1. The van der Waals surface area contributed by atoms with Gasteiger partial charge in [-0.25, -0.2) is 17.6 Å². The first-order valence-corrected chi connectivity index (χ1v) is 10.3. The number of pyridine rings is 1. The Hall–Kier alpha value is -3.57. The quantitative estimate of drug-likeness (QED) is 0.432. The SMILES string of the molecule is CS(=O)(=O)NNC(=O)c1cc(C(=O)O)c(O)c2ncc(Cc3ccc(F)cc3)cc12. The highest BCUT2D eigenvalue weighted by Gasteiger charge is 2.22. The van der Waals surface area contributed by atoms with E-state index in [4.69, 9.17) is 0 Å². The van der Waals surface area contributed by atoms with E-state index in [9.17, 15) is 32.6 Å². The second kappa shape index (κ2) is 8.05. The standard InChI is InChI=1S/C19H16FN3O6S/c1-30(28,29)23-22-18(25)14-8-15(19(26)27)17(24)16-13(14)7-11(9-21-16)6-10-2-4-12(20)5-3-10/h2-5,7-9,23-24H,6H2,1H3,(H,22,25)(H,26,27). The van der Waals surface area contributed by atoms with Crippen LogP contribution >= 0.6 is 0 Å². The van der Waals surface area contributed by atoms with Gasteiger partial charge in [-0.3, -0.25) is 15.2 Å². The highest BCUT2D eigenvalue weighted by atomic mass is 32.2. The van der Waals surface area contributed by atoms with E-state index < -0.39 is 33.2 Å². The number of carbonyl (C=O) groups is 2. The van der Waals surface area contributed by atoms with E-state index in [1.165, 1.54) is 24.4 Å². The number of aromatic carboxylic acids is 1. The Labute approximate surface area is 170 Å². The number of carboxylic acid groups (broad SMARTS) is 1. The van der Waals surface area contributed by atoms with Crippen LogP contribution in [0.2, 0.25) is 0 Å². The maximum atomic E-state index is 13.1. The highest BCUT2D eigenvalue weighted by Crippen LogP contribution is 2.31. The summed E-state index contributed by atoms with van der Waals surface area (Å²) >= 11 is 0. The molecule has 0 spiro atoms. The maximum Gasteiger partial charge on any atom is 0.339 e. The number of hydrazine groups is 1. The highest BCUT2D eigenvalue weighted by molar-refractivity contribution is 7.88. The van der Waals surface area contributed by atoms with Gasteiger partial charge >= 0.3 is 5.97 Å². The molecule has 0 bridgehead atoms. The first-order chi connectivity index (χ1) is 14.0. The Kier molecular flexibility index (Phi) is 5.67. The number of nitrogens with zero attached hydrogens (tertiary/aromatic N) is 1. The normalized spacial score (nSPS) is 11.4. The number of sulfonamides is 1. The van der Waals surface area contributed by atoms with Crippen molar-refractivity contribution in [1.82, 2.24) is 15.2 Å². The number of hydrogen-bond donors (Lipinski definition) is 4. The summed E-state index contributed by atoms with van der Waals surface area (Å²) in [5.41, 5.74) is 2.42. The van der Waals surface area contributed by atoms with Crippen LogP contribution in [0.4, 0.5) is 4.39 Å². The minimum absolute atomic E-state index is 0.116. The van der Waals surface area contributed by atoms with Gasteiger partial charge in [0.05, 0.1) is 11.8 Å². The molecule has 1 heterocycles. The van der Waals surface area contributed by atoms with Crippen LogP contribution in [-0.4, -0.2) is 41.7 Å². The van der Waals surface area contributed by atoms with Gasteiger partial charge in [-0.2, -0.15) is 0 Å². The van der Waals surface area contributed by atoms with Crippen molar-refractivity contribution in [2.24, 2.45) is 0 Å². The molecule has 0 aliphatic heterocycles. The molecule has 9 nitrogen and oxygen atoms in total. The van der Waals surface area contributed by atoms with Crippen LogP contribution in [0.15, 0.2) is 42.6 Å². The third kappa shape index (κ3) is 4.70. The molecule has 3 aromatic rings. The number of phenols is 1. The molecule has 0 radical (unpaired) electrons. The molecule has 2 aromatic carbocycles. The number of rotatable bonds is 6. The fourth-order valence-electron chi connectivity index (χ4n) is 2.81. The molecule has 4 N–H and O–H groups in total. The second-order valence-corrected chi connectivity index (χ2v) is 8.25. The molecule has 156 valence electrons. The first-order valence-electron chi connectivity index (χ1n) is 8.44. The minimum Gasteiger partial charge on any atom is -0.505 e. The molecule has 30 heavy (non-hydrogen) atoms. The molecule has 0 saturated carbocycles. The molecule has 0 unspecified atom stereocenters. The zero-order chi connectivity index (χ0) is 22.1. The van der Waals surface area contributed by atoms with Crippen LogP contribution in [0.1, 0.15) is 31.8 Å². The summed E-state index contributed by atoms with van der Waals surface area (Å²) in [4.78, 5) is 29.8. The number of fused-ring (bicyclic) bond motifs is 1. The number of carbonyl (C=O) groups excluding carboxylic acids is 1. The van der Waals surface area contributed by atoms with E-state index in [0.717, 1.165) is 17.9 Å². The van der Waals surface area contributed by atoms with Crippen LogP contribution in [0.25, 0.3) is 10.9 Å². The van der Waals surface area contributed by atoms with Crippen LogP contribution < -0.4 is 10.3 Å². The van der Waals surface area contributed by atoms with Crippen molar-refractivity contribution in [3.05, 3.63) is 70.7 Å². The van der Waals surface area contributed by atoms with Gasteiger partial charge < -0.3 is 10.2 Å².